The minimum atomic E-state index is -0.203. The second-order valence-electron chi connectivity index (χ2n) is 4.39. The standard InChI is InChI=1S/C10H16N4O2/c1-7(15)16-10-4-5-14-8(6-12-13-11)2-3-9(10)14/h8-10H,2-6H2,1H3/t8-,9-,10-/m0/s1. The van der Waals surface area contributed by atoms with Gasteiger partial charge in [0, 0.05) is 37.0 Å². The highest BCUT2D eigenvalue weighted by Gasteiger charge is 2.43. The molecule has 2 fully saturated rings. The SMILES string of the molecule is CC(=O)O[C@H]1CCN2[C@H](CN=[N+]=[N-])CC[C@@H]12. The molecule has 6 heteroatoms. The van der Waals surface area contributed by atoms with Crippen LogP contribution in [0.25, 0.3) is 10.4 Å². The van der Waals surface area contributed by atoms with Gasteiger partial charge in [0.2, 0.25) is 0 Å². The number of hydrogen-bond acceptors (Lipinski definition) is 4. The number of fused-ring (bicyclic) bond motifs is 1. The van der Waals surface area contributed by atoms with Crippen molar-refractivity contribution >= 4 is 5.97 Å². The van der Waals surface area contributed by atoms with E-state index < -0.39 is 0 Å². The lowest BCUT2D eigenvalue weighted by atomic mass is 10.1. The molecular weight excluding hydrogens is 208 g/mol. The smallest absolute Gasteiger partial charge is 0.302 e. The molecule has 16 heavy (non-hydrogen) atoms. The maximum Gasteiger partial charge on any atom is 0.302 e. The summed E-state index contributed by atoms with van der Waals surface area (Å²) in [4.78, 5) is 16.0. The molecule has 0 bridgehead atoms. The van der Waals surface area contributed by atoms with Crippen LogP contribution in [-0.4, -0.2) is 42.1 Å². The molecule has 2 heterocycles. The van der Waals surface area contributed by atoms with Crippen LogP contribution in [-0.2, 0) is 9.53 Å². The molecule has 2 aliphatic rings. The molecule has 2 aliphatic heterocycles. The Morgan fingerprint density at radius 3 is 3.06 bits per heavy atom. The summed E-state index contributed by atoms with van der Waals surface area (Å²) in [6.07, 6.45) is 3.00. The first-order valence-electron chi connectivity index (χ1n) is 5.66. The fraction of sp³-hybridized carbons (Fsp3) is 0.900. The Balaban J connectivity index is 1.95. The minimum Gasteiger partial charge on any atom is -0.461 e. The molecule has 0 unspecified atom stereocenters. The Morgan fingerprint density at radius 1 is 1.56 bits per heavy atom. The molecule has 88 valence electrons. The lowest BCUT2D eigenvalue weighted by Crippen LogP contribution is -2.37. The van der Waals surface area contributed by atoms with E-state index in [1.165, 1.54) is 6.92 Å². The highest BCUT2D eigenvalue weighted by atomic mass is 16.5. The lowest BCUT2D eigenvalue weighted by Gasteiger charge is -2.23. The van der Waals surface area contributed by atoms with Gasteiger partial charge in [0.25, 0.3) is 0 Å². The van der Waals surface area contributed by atoms with E-state index in [0.29, 0.717) is 18.6 Å². The van der Waals surface area contributed by atoms with Gasteiger partial charge in [0.15, 0.2) is 0 Å². The predicted octanol–water partition coefficient (Wildman–Crippen LogP) is 1.47. The van der Waals surface area contributed by atoms with Gasteiger partial charge in [-0.3, -0.25) is 9.69 Å². The normalized spacial score (nSPS) is 33.2. The van der Waals surface area contributed by atoms with Gasteiger partial charge in [-0.25, -0.2) is 0 Å². The highest BCUT2D eigenvalue weighted by molar-refractivity contribution is 5.66. The summed E-state index contributed by atoms with van der Waals surface area (Å²) in [7, 11) is 0. The van der Waals surface area contributed by atoms with E-state index in [9.17, 15) is 4.79 Å². The van der Waals surface area contributed by atoms with Crippen LogP contribution in [0.5, 0.6) is 0 Å². The molecule has 0 aromatic heterocycles. The summed E-state index contributed by atoms with van der Waals surface area (Å²) in [5.41, 5.74) is 8.31. The largest absolute Gasteiger partial charge is 0.461 e. The third-order valence-corrected chi connectivity index (χ3v) is 3.46. The van der Waals surface area contributed by atoms with Crippen LogP contribution in [0, 0.1) is 0 Å². The van der Waals surface area contributed by atoms with Gasteiger partial charge in [-0.2, -0.15) is 0 Å². The van der Waals surface area contributed by atoms with E-state index in [0.717, 1.165) is 25.8 Å². The van der Waals surface area contributed by atoms with Crippen molar-refractivity contribution in [3.05, 3.63) is 10.4 Å². The van der Waals surface area contributed by atoms with E-state index >= 15 is 0 Å². The first-order valence-corrected chi connectivity index (χ1v) is 5.66. The Labute approximate surface area is 94.2 Å². The maximum absolute atomic E-state index is 10.9. The molecule has 0 amide bonds. The van der Waals surface area contributed by atoms with Crippen molar-refractivity contribution in [3.63, 3.8) is 0 Å². The fourth-order valence-electron chi connectivity index (χ4n) is 2.86. The van der Waals surface area contributed by atoms with Crippen LogP contribution in [0.1, 0.15) is 26.2 Å². The Bertz CT molecular complexity index is 309. The molecule has 0 aromatic carbocycles. The van der Waals surface area contributed by atoms with Gasteiger partial charge < -0.3 is 4.74 Å². The number of esters is 1. The summed E-state index contributed by atoms with van der Waals surface area (Å²) in [5, 5.41) is 3.63. The van der Waals surface area contributed by atoms with Gasteiger partial charge >= 0.3 is 5.97 Å². The molecule has 2 saturated heterocycles. The predicted molar refractivity (Wildman–Crippen MR) is 57.7 cm³/mol. The monoisotopic (exact) mass is 224 g/mol. The summed E-state index contributed by atoms with van der Waals surface area (Å²) in [5.74, 6) is -0.203. The minimum absolute atomic E-state index is 0.0357. The van der Waals surface area contributed by atoms with Crippen LogP contribution in [0.3, 0.4) is 0 Å². The van der Waals surface area contributed by atoms with Crippen LogP contribution in [0.15, 0.2) is 5.11 Å². The van der Waals surface area contributed by atoms with Crippen molar-refractivity contribution in [2.45, 2.75) is 44.4 Å². The van der Waals surface area contributed by atoms with Crippen LogP contribution in [0.4, 0.5) is 0 Å². The van der Waals surface area contributed by atoms with Gasteiger partial charge in [-0.05, 0) is 24.8 Å². The summed E-state index contributed by atoms with van der Waals surface area (Å²) in [6, 6.07) is 0.671. The van der Waals surface area contributed by atoms with Crippen molar-refractivity contribution in [3.8, 4) is 0 Å². The van der Waals surface area contributed by atoms with Crippen LogP contribution < -0.4 is 0 Å². The second-order valence-corrected chi connectivity index (χ2v) is 4.39. The molecule has 0 radical (unpaired) electrons. The second kappa shape index (κ2) is 4.72. The zero-order valence-corrected chi connectivity index (χ0v) is 9.37. The molecule has 0 saturated carbocycles. The number of azide groups is 1. The summed E-state index contributed by atoms with van der Waals surface area (Å²) < 4.78 is 5.29. The molecule has 2 rings (SSSR count). The lowest BCUT2D eigenvalue weighted by molar-refractivity contribution is -0.147. The first-order chi connectivity index (χ1) is 7.72. The average Bonchev–Trinajstić information content (AvgIpc) is 2.78. The Kier molecular flexibility index (Phi) is 3.31. The molecule has 3 atom stereocenters. The third-order valence-electron chi connectivity index (χ3n) is 3.46. The van der Waals surface area contributed by atoms with E-state index in [1.54, 1.807) is 0 Å². The van der Waals surface area contributed by atoms with Crippen molar-refractivity contribution in [1.29, 1.82) is 0 Å². The van der Waals surface area contributed by atoms with Crippen LogP contribution in [0.2, 0.25) is 0 Å². The third kappa shape index (κ3) is 2.13. The number of nitrogens with zero attached hydrogens (tertiary/aromatic N) is 4. The van der Waals surface area contributed by atoms with Gasteiger partial charge in [-0.1, -0.05) is 5.11 Å². The van der Waals surface area contributed by atoms with Crippen molar-refractivity contribution in [1.82, 2.24) is 4.90 Å². The molecule has 0 aromatic rings. The topological polar surface area (TPSA) is 78.3 Å². The zero-order valence-electron chi connectivity index (χ0n) is 9.37. The Hall–Kier alpha value is -1.26. The van der Waals surface area contributed by atoms with Crippen molar-refractivity contribution in [2.75, 3.05) is 13.1 Å². The number of rotatable bonds is 3. The molecular formula is C10H16N4O2. The van der Waals surface area contributed by atoms with Crippen molar-refractivity contribution < 1.29 is 9.53 Å². The first kappa shape index (κ1) is 11.2. The van der Waals surface area contributed by atoms with Gasteiger partial charge in [0.05, 0.1) is 0 Å². The zero-order chi connectivity index (χ0) is 11.5. The summed E-state index contributed by atoms with van der Waals surface area (Å²) in [6.45, 7) is 2.92. The van der Waals surface area contributed by atoms with E-state index in [-0.39, 0.29) is 12.1 Å². The molecule has 0 N–H and O–H groups in total. The number of carbonyl (C=O) groups is 1. The number of carbonyl (C=O) groups excluding carboxylic acids is 1. The highest BCUT2D eigenvalue weighted by Crippen LogP contribution is 2.34. The molecule has 0 spiro atoms. The Morgan fingerprint density at radius 2 is 2.38 bits per heavy atom. The van der Waals surface area contributed by atoms with E-state index in [2.05, 4.69) is 14.9 Å². The number of hydrogen-bond donors (Lipinski definition) is 0. The van der Waals surface area contributed by atoms with E-state index in [4.69, 9.17) is 10.3 Å². The average molecular weight is 224 g/mol. The molecule has 6 nitrogen and oxygen atoms in total. The quantitative estimate of drug-likeness (QED) is 0.315. The van der Waals surface area contributed by atoms with Gasteiger partial charge in [-0.15, -0.1) is 0 Å². The van der Waals surface area contributed by atoms with Gasteiger partial charge in [0.1, 0.15) is 6.10 Å². The van der Waals surface area contributed by atoms with Crippen molar-refractivity contribution in [2.24, 2.45) is 5.11 Å². The number of ether oxygens (including phenoxy) is 1. The van der Waals surface area contributed by atoms with Crippen LogP contribution >= 0.6 is 0 Å². The molecule has 0 aliphatic carbocycles. The fourth-order valence-corrected chi connectivity index (χ4v) is 2.86. The van der Waals surface area contributed by atoms with E-state index in [1.807, 2.05) is 0 Å². The summed E-state index contributed by atoms with van der Waals surface area (Å²) >= 11 is 0. The maximum atomic E-state index is 10.9.